The van der Waals surface area contributed by atoms with Crippen LogP contribution in [0.3, 0.4) is 0 Å². The molecule has 0 aliphatic heterocycles. The molecule has 3 atom stereocenters. The molecule has 2 bridgehead atoms. The highest BCUT2D eigenvalue weighted by Crippen LogP contribution is 2.49. The fourth-order valence-electron chi connectivity index (χ4n) is 5.09. The molecule has 3 aliphatic rings. The molecule has 0 saturated heterocycles. The lowest BCUT2D eigenvalue weighted by Crippen LogP contribution is -2.27. The van der Waals surface area contributed by atoms with Crippen molar-refractivity contribution in [2.24, 2.45) is 17.8 Å². The largest absolute Gasteiger partial charge is 0.459 e. The molecule has 0 aromatic carbocycles. The van der Waals surface area contributed by atoms with Crippen LogP contribution in [0.4, 0.5) is 5.00 Å². The number of hydrogen-bond acceptors (Lipinski definition) is 4. The number of ether oxygens (including phenoxy) is 1. The molecule has 1 heterocycles. The van der Waals surface area contributed by atoms with Crippen LogP contribution in [0.2, 0.25) is 0 Å². The summed E-state index contributed by atoms with van der Waals surface area (Å²) in [5.41, 5.74) is 1.76. The van der Waals surface area contributed by atoms with Crippen molar-refractivity contribution in [2.45, 2.75) is 77.7 Å². The van der Waals surface area contributed by atoms with Crippen LogP contribution in [0, 0.1) is 17.8 Å². The summed E-state index contributed by atoms with van der Waals surface area (Å²) in [4.78, 5) is 27.0. The third-order valence-electron chi connectivity index (χ3n) is 6.28. The van der Waals surface area contributed by atoms with Crippen molar-refractivity contribution in [3.05, 3.63) is 16.0 Å². The van der Waals surface area contributed by atoms with Gasteiger partial charge in [0.25, 0.3) is 0 Å². The Morgan fingerprint density at radius 3 is 2.62 bits per heavy atom. The van der Waals surface area contributed by atoms with Crippen LogP contribution >= 0.6 is 11.3 Å². The third kappa shape index (κ3) is 3.42. The van der Waals surface area contributed by atoms with Gasteiger partial charge in [0.1, 0.15) is 5.00 Å². The topological polar surface area (TPSA) is 55.4 Å². The summed E-state index contributed by atoms with van der Waals surface area (Å²) in [6, 6.07) is 0. The molecule has 1 amide bonds. The Bertz CT molecular complexity index is 708. The summed E-state index contributed by atoms with van der Waals surface area (Å²) in [7, 11) is 0. The van der Waals surface area contributed by atoms with Gasteiger partial charge in [0.05, 0.1) is 11.7 Å². The lowest BCUT2D eigenvalue weighted by molar-refractivity contribution is -0.121. The second kappa shape index (κ2) is 7.34. The number of carbonyl (C=O) groups is 2. The average molecular weight is 376 g/mol. The molecule has 1 aromatic rings. The summed E-state index contributed by atoms with van der Waals surface area (Å²) in [5, 5.41) is 3.88. The van der Waals surface area contributed by atoms with Gasteiger partial charge in [-0.15, -0.1) is 11.3 Å². The minimum Gasteiger partial charge on any atom is -0.459 e. The maximum atomic E-state index is 12.9. The number of anilines is 1. The molecule has 26 heavy (non-hydrogen) atoms. The normalized spacial score (nSPS) is 27.3. The molecule has 0 unspecified atom stereocenters. The SMILES string of the molecule is CC(C)OC(=O)c1c(NC(=O)[C@H]2C[C@H]3CC[C@@H]2C3)sc2c1CCCCC2. The van der Waals surface area contributed by atoms with Crippen LogP contribution < -0.4 is 5.32 Å². The molecule has 142 valence electrons. The number of aryl methyl sites for hydroxylation is 1. The number of esters is 1. The van der Waals surface area contributed by atoms with E-state index < -0.39 is 0 Å². The predicted molar refractivity (Wildman–Crippen MR) is 104 cm³/mol. The maximum absolute atomic E-state index is 12.9. The van der Waals surface area contributed by atoms with Crippen LogP contribution in [0.1, 0.15) is 79.6 Å². The third-order valence-corrected chi connectivity index (χ3v) is 7.49. The van der Waals surface area contributed by atoms with Crippen molar-refractivity contribution >= 4 is 28.2 Å². The lowest BCUT2D eigenvalue weighted by Gasteiger charge is -2.20. The first kappa shape index (κ1) is 18.0. The first-order valence-corrected chi connectivity index (χ1v) is 11.0. The number of amides is 1. The van der Waals surface area contributed by atoms with Crippen molar-refractivity contribution in [1.29, 1.82) is 0 Å². The van der Waals surface area contributed by atoms with Crippen LogP contribution in [0.5, 0.6) is 0 Å². The van der Waals surface area contributed by atoms with Gasteiger partial charge >= 0.3 is 5.97 Å². The molecule has 4 rings (SSSR count). The molecular weight excluding hydrogens is 346 g/mol. The Morgan fingerprint density at radius 1 is 1.12 bits per heavy atom. The zero-order valence-corrected chi connectivity index (χ0v) is 16.6. The van der Waals surface area contributed by atoms with E-state index in [4.69, 9.17) is 4.74 Å². The Labute approximate surface area is 159 Å². The highest BCUT2D eigenvalue weighted by atomic mass is 32.1. The van der Waals surface area contributed by atoms with E-state index in [-0.39, 0.29) is 23.9 Å². The number of rotatable bonds is 4. The second-order valence-corrected chi connectivity index (χ2v) is 9.60. The highest BCUT2D eigenvalue weighted by molar-refractivity contribution is 7.17. The molecule has 1 N–H and O–H groups in total. The summed E-state index contributed by atoms with van der Waals surface area (Å²) in [5.74, 6) is 1.25. The van der Waals surface area contributed by atoms with E-state index in [0.717, 1.165) is 48.6 Å². The van der Waals surface area contributed by atoms with E-state index in [1.165, 1.54) is 30.6 Å². The van der Waals surface area contributed by atoms with Crippen molar-refractivity contribution in [3.63, 3.8) is 0 Å². The number of thiophene rings is 1. The fraction of sp³-hybridized carbons (Fsp3) is 0.714. The molecule has 1 aromatic heterocycles. The monoisotopic (exact) mass is 375 g/mol. The number of fused-ring (bicyclic) bond motifs is 3. The average Bonchev–Trinajstić information content (AvgIpc) is 3.25. The Hall–Kier alpha value is -1.36. The van der Waals surface area contributed by atoms with Crippen LogP contribution in [0.15, 0.2) is 0 Å². The zero-order chi connectivity index (χ0) is 18.3. The van der Waals surface area contributed by atoms with Crippen molar-refractivity contribution in [3.8, 4) is 0 Å². The first-order valence-electron chi connectivity index (χ1n) is 10.2. The molecule has 3 aliphatic carbocycles. The highest BCUT2D eigenvalue weighted by Gasteiger charge is 2.43. The van der Waals surface area contributed by atoms with Crippen LogP contribution in [-0.4, -0.2) is 18.0 Å². The van der Waals surface area contributed by atoms with E-state index in [2.05, 4.69) is 5.32 Å². The summed E-state index contributed by atoms with van der Waals surface area (Å²) < 4.78 is 5.52. The standard InChI is InChI=1S/C21H29NO3S/c1-12(2)25-21(24)18-15-6-4-3-5-7-17(15)26-20(18)22-19(23)16-11-13-8-9-14(16)10-13/h12-14,16H,3-11H2,1-2H3,(H,22,23)/t13-,14+,16-/m0/s1. The molecule has 2 saturated carbocycles. The van der Waals surface area contributed by atoms with Gasteiger partial charge in [0, 0.05) is 10.8 Å². The van der Waals surface area contributed by atoms with Crippen molar-refractivity contribution in [1.82, 2.24) is 0 Å². The van der Waals surface area contributed by atoms with Crippen LogP contribution in [-0.2, 0) is 22.4 Å². The van der Waals surface area contributed by atoms with Gasteiger partial charge in [-0.1, -0.05) is 12.8 Å². The van der Waals surface area contributed by atoms with Crippen molar-refractivity contribution < 1.29 is 14.3 Å². The van der Waals surface area contributed by atoms with Crippen molar-refractivity contribution in [2.75, 3.05) is 5.32 Å². The first-order chi connectivity index (χ1) is 12.5. The maximum Gasteiger partial charge on any atom is 0.341 e. The van der Waals surface area contributed by atoms with Gasteiger partial charge in [-0.05, 0) is 76.2 Å². The molecular formula is C21H29NO3S. The fourth-order valence-corrected chi connectivity index (χ4v) is 6.37. The molecule has 5 heteroatoms. The summed E-state index contributed by atoms with van der Waals surface area (Å²) in [6.45, 7) is 3.74. The predicted octanol–water partition coefficient (Wildman–Crippen LogP) is 4.96. The minimum absolute atomic E-state index is 0.118. The summed E-state index contributed by atoms with van der Waals surface area (Å²) >= 11 is 1.61. The van der Waals surface area contributed by atoms with Gasteiger partial charge < -0.3 is 10.1 Å². The lowest BCUT2D eigenvalue weighted by atomic mass is 9.88. The van der Waals surface area contributed by atoms with Gasteiger partial charge in [0.2, 0.25) is 5.91 Å². The van der Waals surface area contributed by atoms with E-state index in [1.54, 1.807) is 11.3 Å². The van der Waals surface area contributed by atoms with Gasteiger partial charge in [-0.3, -0.25) is 4.79 Å². The number of nitrogens with one attached hydrogen (secondary N) is 1. The van der Waals surface area contributed by atoms with Gasteiger partial charge in [-0.25, -0.2) is 4.79 Å². The van der Waals surface area contributed by atoms with Gasteiger partial charge in [0.15, 0.2) is 0 Å². The smallest absolute Gasteiger partial charge is 0.341 e. The van der Waals surface area contributed by atoms with E-state index in [1.807, 2.05) is 13.8 Å². The zero-order valence-electron chi connectivity index (χ0n) is 15.8. The van der Waals surface area contributed by atoms with Gasteiger partial charge in [-0.2, -0.15) is 0 Å². The Morgan fingerprint density at radius 2 is 1.92 bits per heavy atom. The molecule has 4 nitrogen and oxygen atoms in total. The van der Waals surface area contributed by atoms with E-state index >= 15 is 0 Å². The summed E-state index contributed by atoms with van der Waals surface area (Å²) in [6.07, 6.45) is 9.93. The quantitative estimate of drug-likeness (QED) is 0.598. The Balaban J connectivity index is 1.60. The molecule has 0 radical (unpaired) electrons. The minimum atomic E-state index is -0.275. The number of hydrogen-bond donors (Lipinski definition) is 1. The second-order valence-electron chi connectivity index (χ2n) is 8.49. The number of carbonyl (C=O) groups excluding carboxylic acids is 2. The molecule has 2 fully saturated rings. The van der Waals surface area contributed by atoms with Crippen LogP contribution in [0.25, 0.3) is 0 Å². The van der Waals surface area contributed by atoms with E-state index in [0.29, 0.717) is 11.5 Å². The molecule has 0 spiro atoms. The Kier molecular flexibility index (Phi) is 5.09. The van der Waals surface area contributed by atoms with E-state index in [9.17, 15) is 9.59 Å².